The van der Waals surface area contributed by atoms with Gasteiger partial charge in [-0.25, -0.2) is 4.98 Å². The van der Waals surface area contributed by atoms with Crippen molar-refractivity contribution < 1.29 is 9.59 Å². The minimum Gasteiger partial charge on any atom is -0.300 e. The minimum absolute atomic E-state index is 0.176. The van der Waals surface area contributed by atoms with Crippen LogP contribution in [-0.4, -0.2) is 32.6 Å². The number of aromatic nitrogens is 1. The molecule has 1 aliphatic heterocycles. The summed E-state index contributed by atoms with van der Waals surface area (Å²) in [5.41, 5.74) is 2.47. The quantitative estimate of drug-likeness (QED) is 0.404. The normalized spacial score (nSPS) is 15.1. The molecule has 1 saturated heterocycles. The molecule has 2 heterocycles. The van der Waals surface area contributed by atoms with Crippen LogP contribution in [0.2, 0.25) is 5.02 Å². The van der Waals surface area contributed by atoms with Crippen molar-refractivity contribution in [1.29, 1.82) is 0 Å². The molecule has 1 N–H and O–H groups in total. The maximum Gasteiger partial charge on any atom is 0.266 e. The number of benzene rings is 2. The Balaban J connectivity index is 1.42. The molecule has 1 aliphatic rings. The first-order valence-corrected chi connectivity index (χ1v) is 11.3. The third-order valence-electron chi connectivity index (χ3n) is 4.19. The second kappa shape index (κ2) is 9.09. The molecule has 1 aromatic heterocycles. The van der Waals surface area contributed by atoms with E-state index in [1.54, 1.807) is 12.1 Å². The molecule has 150 valence electrons. The SMILES string of the molecule is O=C(CN1C(=O)/C(=C/c2ccccc2Cl)SC1=S)Nc1nc(-c2ccccc2)cs1. The molecule has 0 atom stereocenters. The number of halogens is 1. The Morgan fingerprint density at radius 1 is 1.17 bits per heavy atom. The Bertz CT molecular complexity index is 1160. The monoisotopic (exact) mass is 471 g/mol. The second-order valence-corrected chi connectivity index (χ2v) is 9.18. The maximum atomic E-state index is 12.7. The van der Waals surface area contributed by atoms with Crippen molar-refractivity contribution in [3.63, 3.8) is 0 Å². The predicted octanol–water partition coefficient (Wildman–Crippen LogP) is 5.30. The van der Waals surface area contributed by atoms with E-state index in [2.05, 4.69) is 10.3 Å². The van der Waals surface area contributed by atoms with Crippen LogP contribution in [-0.2, 0) is 9.59 Å². The molecule has 3 aromatic rings. The van der Waals surface area contributed by atoms with Crippen LogP contribution in [0.4, 0.5) is 5.13 Å². The van der Waals surface area contributed by atoms with Crippen LogP contribution in [0.25, 0.3) is 17.3 Å². The van der Waals surface area contributed by atoms with Gasteiger partial charge in [-0.2, -0.15) is 0 Å². The van der Waals surface area contributed by atoms with E-state index >= 15 is 0 Å². The number of hydrogen-bond donors (Lipinski definition) is 1. The number of hydrogen-bond acceptors (Lipinski definition) is 6. The van der Waals surface area contributed by atoms with Gasteiger partial charge in [0.05, 0.1) is 10.6 Å². The number of thioether (sulfide) groups is 1. The lowest BCUT2D eigenvalue weighted by atomic mass is 10.2. The maximum absolute atomic E-state index is 12.7. The zero-order valence-electron chi connectivity index (χ0n) is 15.4. The zero-order valence-corrected chi connectivity index (χ0v) is 18.6. The van der Waals surface area contributed by atoms with Gasteiger partial charge < -0.3 is 5.32 Å². The van der Waals surface area contributed by atoms with E-state index in [0.717, 1.165) is 28.6 Å². The molecule has 0 unspecified atom stereocenters. The van der Waals surface area contributed by atoms with Crippen LogP contribution in [0.15, 0.2) is 64.9 Å². The molecule has 5 nitrogen and oxygen atoms in total. The molecular formula is C21H14ClN3O2S3. The smallest absolute Gasteiger partial charge is 0.266 e. The zero-order chi connectivity index (χ0) is 21.1. The fourth-order valence-electron chi connectivity index (χ4n) is 2.74. The number of amides is 2. The van der Waals surface area contributed by atoms with Crippen LogP contribution < -0.4 is 5.32 Å². The highest BCUT2D eigenvalue weighted by atomic mass is 35.5. The van der Waals surface area contributed by atoms with E-state index in [9.17, 15) is 9.59 Å². The molecule has 9 heteroatoms. The molecule has 30 heavy (non-hydrogen) atoms. The predicted molar refractivity (Wildman–Crippen MR) is 128 cm³/mol. The highest BCUT2D eigenvalue weighted by Gasteiger charge is 2.33. The number of nitrogens with one attached hydrogen (secondary N) is 1. The van der Waals surface area contributed by atoms with E-state index in [1.807, 2.05) is 53.9 Å². The first-order chi connectivity index (χ1) is 14.5. The number of nitrogens with zero attached hydrogens (tertiary/aromatic N) is 2. The van der Waals surface area contributed by atoms with Gasteiger partial charge in [-0.1, -0.05) is 84.1 Å². The lowest BCUT2D eigenvalue weighted by molar-refractivity contribution is -0.126. The van der Waals surface area contributed by atoms with Crippen LogP contribution in [0.3, 0.4) is 0 Å². The minimum atomic E-state index is -0.362. The van der Waals surface area contributed by atoms with Gasteiger partial charge in [0.25, 0.3) is 5.91 Å². The molecule has 4 rings (SSSR count). The molecule has 0 saturated carbocycles. The summed E-state index contributed by atoms with van der Waals surface area (Å²) in [7, 11) is 0. The Morgan fingerprint density at radius 3 is 2.67 bits per heavy atom. The number of carbonyl (C=O) groups excluding carboxylic acids is 2. The Labute approximate surface area is 191 Å². The van der Waals surface area contributed by atoms with Gasteiger partial charge in [-0.15, -0.1) is 11.3 Å². The lowest BCUT2D eigenvalue weighted by Crippen LogP contribution is -2.36. The van der Waals surface area contributed by atoms with Crippen LogP contribution in [0.5, 0.6) is 0 Å². The average molecular weight is 472 g/mol. The van der Waals surface area contributed by atoms with Crippen molar-refractivity contribution in [2.75, 3.05) is 11.9 Å². The largest absolute Gasteiger partial charge is 0.300 e. The number of carbonyl (C=O) groups is 2. The summed E-state index contributed by atoms with van der Waals surface area (Å²) in [5.74, 6) is -0.677. The van der Waals surface area contributed by atoms with Crippen molar-refractivity contribution in [3.05, 3.63) is 75.5 Å². The molecule has 0 aliphatic carbocycles. The van der Waals surface area contributed by atoms with Gasteiger partial charge >= 0.3 is 0 Å². The van der Waals surface area contributed by atoms with E-state index < -0.39 is 0 Å². The van der Waals surface area contributed by atoms with Crippen molar-refractivity contribution in [3.8, 4) is 11.3 Å². The van der Waals surface area contributed by atoms with E-state index in [4.69, 9.17) is 23.8 Å². The van der Waals surface area contributed by atoms with Crippen molar-refractivity contribution >= 4 is 74.3 Å². The van der Waals surface area contributed by atoms with Crippen LogP contribution >= 0.6 is 46.9 Å². The topological polar surface area (TPSA) is 62.3 Å². The molecule has 0 radical (unpaired) electrons. The number of anilines is 1. The summed E-state index contributed by atoms with van der Waals surface area (Å²) in [4.78, 5) is 31.3. The molecule has 2 aromatic carbocycles. The lowest BCUT2D eigenvalue weighted by Gasteiger charge is -2.13. The molecule has 1 fully saturated rings. The fourth-order valence-corrected chi connectivity index (χ4v) is 4.92. The fraction of sp³-hybridized carbons (Fsp3) is 0.0476. The third kappa shape index (κ3) is 4.62. The Morgan fingerprint density at radius 2 is 1.90 bits per heavy atom. The van der Waals surface area contributed by atoms with Gasteiger partial charge in [0.15, 0.2) is 5.13 Å². The second-order valence-electron chi connectivity index (χ2n) is 6.24. The van der Waals surface area contributed by atoms with Crippen molar-refractivity contribution in [2.24, 2.45) is 0 Å². The number of rotatable bonds is 5. The third-order valence-corrected chi connectivity index (χ3v) is 6.67. The number of thiocarbonyl (C=S) groups is 1. The van der Waals surface area contributed by atoms with Gasteiger partial charge in [-0.05, 0) is 17.7 Å². The molecule has 0 spiro atoms. The summed E-state index contributed by atoms with van der Waals surface area (Å²) in [5, 5.41) is 5.62. The average Bonchev–Trinajstić information content (AvgIpc) is 3.30. The summed E-state index contributed by atoms with van der Waals surface area (Å²) in [6.45, 7) is -0.176. The Hall–Kier alpha value is -2.52. The van der Waals surface area contributed by atoms with Crippen molar-refractivity contribution in [1.82, 2.24) is 9.88 Å². The van der Waals surface area contributed by atoms with Crippen molar-refractivity contribution in [2.45, 2.75) is 0 Å². The first kappa shape index (κ1) is 20.7. The van der Waals surface area contributed by atoms with Crippen LogP contribution in [0, 0.1) is 0 Å². The molecule has 2 amide bonds. The van der Waals surface area contributed by atoms with Gasteiger partial charge in [0, 0.05) is 16.0 Å². The summed E-state index contributed by atoms with van der Waals surface area (Å²) >= 11 is 13.9. The van der Waals surface area contributed by atoms with E-state index in [0.29, 0.717) is 19.4 Å². The standard InChI is InChI=1S/C21H14ClN3O2S3/c22-15-9-5-4-8-14(15)10-17-19(27)25(21(28)30-17)11-18(26)24-20-23-16(12-29-20)13-6-2-1-3-7-13/h1-10,12H,11H2,(H,23,24,26)/b17-10-. The summed E-state index contributed by atoms with van der Waals surface area (Å²) in [6, 6.07) is 16.9. The van der Waals surface area contributed by atoms with Gasteiger partial charge in [0.2, 0.25) is 5.91 Å². The van der Waals surface area contributed by atoms with Gasteiger partial charge in [-0.3, -0.25) is 14.5 Å². The highest BCUT2D eigenvalue weighted by Crippen LogP contribution is 2.33. The Kier molecular flexibility index (Phi) is 6.29. The van der Waals surface area contributed by atoms with Gasteiger partial charge in [0.1, 0.15) is 10.9 Å². The van der Waals surface area contributed by atoms with Crippen LogP contribution in [0.1, 0.15) is 5.56 Å². The first-order valence-electron chi connectivity index (χ1n) is 8.82. The van der Waals surface area contributed by atoms with E-state index in [1.165, 1.54) is 16.2 Å². The highest BCUT2D eigenvalue weighted by molar-refractivity contribution is 8.26. The summed E-state index contributed by atoms with van der Waals surface area (Å²) < 4.78 is 0.331. The molecular weight excluding hydrogens is 458 g/mol. The number of thiazole rings is 1. The van der Waals surface area contributed by atoms with E-state index in [-0.39, 0.29) is 18.4 Å². The molecule has 0 bridgehead atoms. The summed E-state index contributed by atoms with van der Waals surface area (Å²) in [6.07, 6.45) is 1.69.